The Hall–Kier alpha value is -0.220. The van der Waals surface area contributed by atoms with Crippen molar-refractivity contribution in [3.05, 3.63) is 28.5 Å². The second-order valence-electron chi connectivity index (χ2n) is 3.68. The summed E-state index contributed by atoms with van der Waals surface area (Å²) < 4.78 is 14.3. The zero-order chi connectivity index (χ0) is 10.7. The van der Waals surface area contributed by atoms with Crippen LogP contribution in [0, 0.1) is 5.82 Å². The van der Waals surface area contributed by atoms with Gasteiger partial charge in [-0.25, -0.2) is 4.39 Å². The van der Waals surface area contributed by atoms with Gasteiger partial charge in [-0.3, -0.25) is 0 Å². The van der Waals surface area contributed by atoms with Crippen molar-refractivity contribution in [1.29, 1.82) is 0 Å². The smallest absolute Gasteiger partial charge is 0.146 e. The number of thioether (sulfide) groups is 1. The lowest BCUT2D eigenvalue weighted by molar-refractivity contribution is 0.619. The summed E-state index contributed by atoms with van der Waals surface area (Å²) >= 11 is 5.28. The van der Waals surface area contributed by atoms with Crippen LogP contribution in [-0.4, -0.2) is 17.5 Å². The predicted molar refractivity (Wildman–Crippen MR) is 68.1 cm³/mol. The maximum atomic E-state index is 13.4. The van der Waals surface area contributed by atoms with Crippen LogP contribution in [0.2, 0.25) is 0 Å². The minimum atomic E-state index is -0.172. The number of anilines is 1. The van der Waals surface area contributed by atoms with Gasteiger partial charge in [-0.05, 0) is 36.8 Å². The molecular weight excluding hydrogens is 277 g/mol. The summed E-state index contributed by atoms with van der Waals surface area (Å²) in [5.41, 5.74) is 0.608. The highest BCUT2D eigenvalue weighted by Crippen LogP contribution is 2.24. The summed E-state index contributed by atoms with van der Waals surface area (Å²) in [5, 5.41) is 3.26. The number of nitrogens with one attached hydrogen (secondary N) is 1. The SMILES string of the molecule is Fc1ccc(Br)cc1NC1CCCSC1. The highest BCUT2D eigenvalue weighted by Gasteiger charge is 2.14. The molecule has 1 fully saturated rings. The summed E-state index contributed by atoms with van der Waals surface area (Å²) in [6, 6.07) is 5.42. The number of halogens is 2. The molecule has 2 rings (SSSR count). The molecule has 1 N–H and O–H groups in total. The van der Waals surface area contributed by atoms with Crippen molar-refractivity contribution in [3.63, 3.8) is 0 Å². The fourth-order valence-corrected chi connectivity index (χ4v) is 3.12. The molecule has 0 spiro atoms. The van der Waals surface area contributed by atoms with E-state index in [0.717, 1.165) is 16.6 Å². The van der Waals surface area contributed by atoms with Crippen molar-refractivity contribution < 1.29 is 4.39 Å². The summed E-state index contributed by atoms with van der Waals surface area (Å²) in [4.78, 5) is 0. The van der Waals surface area contributed by atoms with E-state index in [0.29, 0.717) is 11.7 Å². The average Bonchev–Trinajstić information content (AvgIpc) is 2.25. The molecule has 0 amide bonds. The Balaban J connectivity index is 2.05. The van der Waals surface area contributed by atoms with E-state index in [9.17, 15) is 4.39 Å². The van der Waals surface area contributed by atoms with Crippen LogP contribution in [0.3, 0.4) is 0 Å². The Morgan fingerprint density at radius 3 is 3.07 bits per heavy atom. The minimum Gasteiger partial charge on any atom is -0.379 e. The maximum absolute atomic E-state index is 13.4. The van der Waals surface area contributed by atoms with Crippen LogP contribution >= 0.6 is 27.7 Å². The van der Waals surface area contributed by atoms with E-state index in [1.165, 1.54) is 18.2 Å². The van der Waals surface area contributed by atoms with Gasteiger partial charge >= 0.3 is 0 Å². The van der Waals surface area contributed by atoms with Gasteiger partial charge in [-0.2, -0.15) is 11.8 Å². The molecule has 1 aliphatic heterocycles. The van der Waals surface area contributed by atoms with Gasteiger partial charge in [0.2, 0.25) is 0 Å². The molecular formula is C11H13BrFNS. The molecule has 0 radical (unpaired) electrons. The lowest BCUT2D eigenvalue weighted by Gasteiger charge is -2.23. The third-order valence-electron chi connectivity index (χ3n) is 2.45. The van der Waals surface area contributed by atoms with Crippen LogP contribution in [0.5, 0.6) is 0 Å². The van der Waals surface area contributed by atoms with Gasteiger partial charge in [0.05, 0.1) is 5.69 Å². The first-order valence-corrected chi connectivity index (χ1v) is 7.00. The Morgan fingerprint density at radius 2 is 2.33 bits per heavy atom. The zero-order valence-corrected chi connectivity index (χ0v) is 10.7. The predicted octanol–water partition coefficient (Wildman–Crippen LogP) is 3.90. The third kappa shape index (κ3) is 3.11. The fourth-order valence-electron chi connectivity index (χ4n) is 1.68. The third-order valence-corrected chi connectivity index (χ3v) is 4.16. The highest BCUT2D eigenvalue weighted by molar-refractivity contribution is 9.10. The van der Waals surface area contributed by atoms with Gasteiger partial charge in [0.15, 0.2) is 0 Å². The van der Waals surface area contributed by atoms with Gasteiger partial charge in [0.25, 0.3) is 0 Å². The Bertz CT molecular complexity index is 339. The van der Waals surface area contributed by atoms with Crippen molar-refractivity contribution in [2.24, 2.45) is 0 Å². The van der Waals surface area contributed by atoms with Gasteiger partial charge in [0, 0.05) is 16.3 Å². The number of hydrogen-bond donors (Lipinski definition) is 1. The van der Waals surface area contributed by atoms with Crippen molar-refractivity contribution in [1.82, 2.24) is 0 Å². The molecule has 15 heavy (non-hydrogen) atoms. The molecule has 1 saturated heterocycles. The van der Waals surface area contributed by atoms with Crippen molar-refractivity contribution in [3.8, 4) is 0 Å². The molecule has 1 nitrogen and oxygen atoms in total. The van der Waals surface area contributed by atoms with Crippen LogP contribution in [0.1, 0.15) is 12.8 Å². The van der Waals surface area contributed by atoms with E-state index in [2.05, 4.69) is 21.2 Å². The molecule has 1 unspecified atom stereocenters. The number of benzene rings is 1. The molecule has 4 heteroatoms. The van der Waals surface area contributed by atoms with E-state index < -0.39 is 0 Å². The van der Waals surface area contributed by atoms with Crippen LogP contribution in [0.15, 0.2) is 22.7 Å². The quantitative estimate of drug-likeness (QED) is 0.886. The summed E-state index contributed by atoms with van der Waals surface area (Å²) in [6.45, 7) is 0. The second kappa shape index (κ2) is 5.21. The van der Waals surface area contributed by atoms with Gasteiger partial charge in [-0.1, -0.05) is 15.9 Å². The van der Waals surface area contributed by atoms with Crippen molar-refractivity contribution >= 4 is 33.4 Å². The van der Waals surface area contributed by atoms with Crippen molar-refractivity contribution in [2.45, 2.75) is 18.9 Å². The maximum Gasteiger partial charge on any atom is 0.146 e. The molecule has 0 aliphatic carbocycles. The molecule has 1 heterocycles. The minimum absolute atomic E-state index is 0.172. The van der Waals surface area contributed by atoms with E-state index in [1.807, 2.05) is 11.8 Å². The summed E-state index contributed by atoms with van der Waals surface area (Å²) in [7, 11) is 0. The molecule has 0 bridgehead atoms. The molecule has 1 aliphatic rings. The Kier molecular flexibility index (Phi) is 3.92. The first-order chi connectivity index (χ1) is 7.25. The zero-order valence-electron chi connectivity index (χ0n) is 8.30. The topological polar surface area (TPSA) is 12.0 Å². The van der Waals surface area contributed by atoms with Gasteiger partial charge < -0.3 is 5.32 Å². The van der Waals surface area contributed by atoms with E-state index in [4.69, 9.17) is 0 Å². The monoisotopic (exact) mass is 289 g/mol. The van der Waals surface area contributed by atoms with Crippen molar-refractivity contribution in [2.75, 3.05) is 16.8 Å². The van der Waals surface area contributed by atoms with Crippen LogP contribution < -0.4 is 5.32 Å². The molecule has 82 valence electrons. The van der Waals surface area contributed by atoms with E-state index >= 15 is 0 Å². The second-order valence-corrected chi connectivity index (χ2v) is 5.75. The molecule has 0 saturated carbocycles. The normalized spacial score (nSPS) is 21.3. The first kappa shape index (κ1) is 11.3. The molecule has 1 atom stereocenters. The van der Waals surface area contributed by atoms with Gasteiger partial charge in [-0.15, -0.1) is 0 Å². The largest absolute Gasteiger partial charge is 0.379 e. The van der Waals surface area contributed by atoms with E-state index in [1.54, 1.807) is 12.1 Å². The lowest BCUT2D eigenvalue weighted by atomic mass is 10.1. The fraction of sp³-hybridized carbons (Fsp3) is 0.455. The highest BCUT2D eigenvalue weighted by atomic mass is 79.9. The molecule has 1 aromatic rings. The summed E-state index contributed by atoms with van der Waals surface area (Å²) in [5.74, 6) is 2.14. The van der Waals surface area contributed by atoms with Crippen LogP contribution in [0.4, 0.5) is 10.1 Å². The van der Waals surface area contributed by atoms with Crippen LogP contribution in [-0.2, 0) is 0 Å². The standard InChI is InChI=1S/C11H13BrFNS/c12-8-3-4-10(13)11(6-8)14-9-2-1-5-15-7-9/h3-4,6,9,14H,1-2,5,7H2. The van der Waals surface area contributed by atoms with Gasteiger partial charge in [0.1, 0.15) is 5.82 Å². The Labute approximate surface area is 102 Å². The van der Waals surface area contributed by atoms with Crippen LogP contribution in [0.25, 0.3) is 0 Å². The number of rotatable bonds is 2. The molecule has 1 aromatic carbocycles. The van der Waals surface area contributed by atoms with E-state index in [-0.39, 0.29) is 5.82 Å². The number of hydrogen-bond acceptors (Lipinski definition) is 2. The molecule has 0 aromatic heterocycles. The average molecular weight is 290 g/mol. The first-order valence-electron chi connectivity index (χ1n) is 5.05. The lowest BCUT2D eigenvalue weighted by Crippen LogP contribution is -2.26. The summed E-state index contributed by atoms with van der Waals surface area (Å²) in [6.07, 6.45) is 2.36. The Morgan fingerprint density at radius 1 is 1.47 bits per heavy atom.